The van der Waals surface area contributed by atoms with Gasteiger partial charge in [0.1, 0.15) is 0 Å². The summed E-state index contributed by atoms with van der Waals surface area (Å²) in [6.45, 7) is 4.66. The molecule has 0 unspecified atom stereocenters. The predicted molar refractivity (Wildman–Crippen MR) is 131 cm³/mol. The number of benzene rings is 2. The molecule has 2 aromatic carbocycles. The summed E-state index contributed by atoms with van der Waals surface area (Å²) >= 11 is 0. The molecule has 2 fully saturated rings. The summed E-state index contributed by atoms with van der Waals surface area (Å²) in [5, 5.41) is 0. The lowest BCUT2D eigenvalue weighted by Crippen LogP contribution is -2.13. The first kappa shape index (κ1) is 21.7. The van der Waals surface area contributed by atoms with Gasteiger partial charge in [-0.25, -0.2) is 0 Å². The van der Waals surface area contributed by atoms with Crippen LogP contribution in [-0.2, 0) is 0 Å². The molecule has 0 heterocycles. The predicted octanol–water partition coefficient (Wildman–Crippen LogP) is 9.50. The molecule has 0 aromatic heterocycles. The minimum absolute atomic E-state index is 0.789. The molecule has 2 aliphatic carbocycles. The van der Waals surface area contributed by atoms with Crippen molar-refractivity contribution in [1.29, 1.82) is 0 Å². The van der Waals surface area contributed by atoms with E-state index in [1.54, 1.807) is 11.1 Å². The Bertz CT molecular complexity index is 670. The van der Waals surface area contributed by atoms with Crippen LogP contribution in [0.15, 0.2) is 48.5 Å². The Morgan fingerprint density at radius 3 is 1.13 bits per heavy atom. The lowest BCUT2D eigenvalue weighted by Gasteiger charge is -2.29. The number of rotatable bonds is 7. The highest BCUT2D eigenvalue weighted by Crippen LogP contribution is 2.39. The Hall–Kier alpha value is -1.56. The molecule has 0 saturated heterocycles. The van der Waals surface area contributed by atoms with Crippen LogP contribution in [0.2, 0.25) is 0 Å². The standard InChI is InChI=1S/C30H42/c1-3-5-23-7-11-25(12-8-23)27-15-19-29(20-16-27)30-21-17-28(18-22-30)26-13-9-24(6-4-2)10-14-26/h15-26H,3-14H2,1-2H3. The third-order valence-electron chi connectivity index (χ3n) is 8.18. The lowest BCUT2D eigenvalue weighted by molar-refractivity contribution is 0.308. The van der Waals surface area contributed by atoms with E-state index in [0.717, 1.165) is 23.7 Å². The van der Waals surface area contributed by atoms with Crippen LogP contribution in [0.5, 0.6) is 0 Å². The summed E-state index contributed by atoms with van der Waals surface area (Å²) in [5.41, 5.74) is 5.87. The molecule has 30 heavy (non-hydrogen) atoms. The van der Waals surface area contributed by atoms with Crippen LogP contribution in [-0.4, -0.2) is 0 Å². The zero-order valence-corrected chi connectivity index (χ0v) is 19.4. The van der Waals surface area contributed by atoms with E-state index in [-0.39, 0.29) is 0 Å². The summed E-state index contributed by atoms with van der Waals surface area (Å²) in [6, 6.07) is 19.1. The fourth-order valence-electron chi connectivity index (χ4n) is 6.28. The molecule has 0 heteroatoms. The van der Waals surface area contributed by atoms with E-state index in [1.165, 1.54) is 88.2 Å². The summed E-state index contributed by atoms with van der Waals surface area (Å²) in [7, 11) is 0. The highest BCUT2D eigenvalue weighted by atomic mass is 14.3. The molecule has 0 N–H and O–H groups in total. The highest BCUT2D eigenvalue weighted by molar-refractivity contribution is 5.64. The number of hydrogen-bond acceptors (Lipinski definition) is 0. The van der Waals surface area contributed by atoms with Crippen LogP contribution in [0.25, 0.3) is 11.1 Å². The molecule has 0 amide bonds. The van der Waals surface area contributed by atoms with Crippen molar-refractivity contribution in [2.24, 2.45) is 11.8 Å². The van der Waals surface area contributed by atoms with E-state index in [1.807, 2.05) is 0 Å². The molecule has 0 atom stereocenters. The van der Waals surface area contributed by atoms with Crippen molar-refractivity contribution in [2.75, 3.05) is 0 Å². The molecule has 2 saturated carbocycles. The normalized spacial score (nSPS) is 27.1. The monoisotopic (exact) mass is 402 g/mol. The average Bonchev–Trinajstić information content (AvgIpc) is 2.81. The van der Waals surface area contributed by atoms with Gasteiger partial charge in [0.15, 0.2) is 0 Å². The second-order valence-electron chi connectivity index (χ2n) is 10.3. The molecule has 0 aliphatic heterocycles. The van der Waals surface area contributed by atoms with Crippen molar-refractivity contribution in [2.45, 2.75) is 103 Å². The van der Waals surface area contributed by atoms with E-state index < -0.39 is 0 Å². The first-order chi connectivity index (χ1) is 14.8. The van der Waals surface area contributed by atoms with Crippen molar-refractivity contribution in [3.8, 4) is 11.1 Å². The molecule has 0 radical (unpaired) electrons. The maximum absolute atomic E-state index is 2.41. The Morgan fingerprint density at radius 1 is 0.500 bits per heavy atom. The summed E-state index contributed by atoms with van der Waals surface area (Å²) < 4.78 is 0. The Labute approximate surface area is 185 Å². The zero-order chi connectivity index (χ0) is 20.8. The van der Waals surface area contributed by atoms with E-state index in [0.29, 0.717) is 0 Å². The van der Waals surface area contributed by atoms with E-state index in [9.17, 15) is 0 Å². The first-order valence-corrected chi connectivity index (χ1v) is 13.0. The lowest BCUT2D eigenvalue weighted by atomic mass is 9.77. The van der Waals surface area contributed by atoms with Gasteiger partial charge in [-0.1, -0.05) is 88.1 Å². The van der Waals surface area contributed by atoms with Gasteiger partial charge in [-0.3, -0.25) is 0 Å². The Kier molecular flexibility index (Phi) is 7.69. The smallest absolute Gasteiger partial charge is 0.0162 e. The van der Waals surface area contributed by atoms with Crippen LogP contribution in [0.4, 0.5) is 0 Å². The Morgan fingerprint density at radius 2 is 0.833 bits per heavy atom. The van der Waals surface area contributed by atoms with Crippen LogP contribution in [0, 0.1) is 11.8 Å². The summed E-state index contributed by atoms with van der Waals surface area (Å²) in [5.74, 6) is 3.56. The SMILES string of the molecule is CCCC1CCC(c2ccc(-c3ccc(C4CCC(CCC)CC4)cc3)cc2)CC1. The summed E-state index contributed by atoms with van der Waals surface area (Å²) in [6.07, 6.45) is 16.8. The molecule has 0 spiro atoms. The molecule has 0 nitrogen and oxygen atoms in total. The maximum Gasteiger partial charge on any atom is -0.0162 e. The minimum atomic E-state index is 0.789. The van der Waals surface area contributed by atoms with Crippen molar-refractivity contribution in [1.82, 2.24) is 0 Å². The van der Waals surface area contributed by atoms with Gasteiger partial charge in [0.2, 0.25) is 0 Å². The minimum Gasteiger partial charge on any atom is -0.0654 e. The zero-order valence-electron chi connectivity index (χ0n) is 19.4. The van der Waals surface area contributed by atoms with Gasteiger partial charge in [-0.2, -0.15) is 0 Å². The van der Waals surface area contributed by atoms with Gasteiger partial charge in [0.25, 0.3) is 0 Å². The van der Waals surface area contributed by atoms with Crippen LogP contribution >= 0.6 is 0 Å². The van der Waals surface area contributed by atoms with Gasteiger partial charge in [-0.05, 0) is 97.3 Å². The van der Waals surface area contributed by atoms with E-state index in [2.05, 4.69) is 62.4 Å². The topological polar surface area (TPSA) is 0 Å². The number of hydrogen-bond donors (Lipinski definition) is 0. The summed E-state index contributed by atoms with van der Waals surface area (Å²) in [4.78, 5) is 0. The van der Waals surface area contributed by atoms with Crippen molar-refractivity contribution >= 4 is 0 Å². The van der Waals surface area contributed by atoms with Crippen molar-refractivity contribution < 1.29 is 0 Å². The molecule has 2 aliphatic rings. The second-order valence-corrected chi connectivity index (χ2v) is 10.3. The molecular weight excluding hydrogens is 360 g/mol. The van der Waals surface area contributed by atoms with Gasteiger partial charge >= 0.3 is 0 Å². The van der Waals surface area contributed by atoms with Crippen molar-refractivity contribution in [3.05, 3.63) is 59.7 Å². The fraction of sp³-hybridized carbons (Fsp3) is 0.600. The van der Waals surface area contributed by atoms with Gasteiger partial charge in [0.05, 0.1) is 0 Å². The first-order valence-electron chi connectivity index (χ1n) is 13.0. The van der Waals surface area contributed by atoms with Gasteiger partial charge in [-0.15, -0.1) is 0 Å². The van der Waals surface area contributed by atoms with Crippen LogP contribution in [0.3, 0.4) is 0 Å². The molecule has 162 valence electrons. The highest BCUT2D eigenvalue weighted by Gasteiger charge is 2.23. The van der Waals surface area contributed by atoms with Crippen molar-refractivity contribution in [3.63, 3.8) is 0 Å². The third kappa shape index (κ3) is 5.37. The van der Waals surface area contributed by atoms with E-state index in [4.69, 9.17) is 0 Å². The third-order valence-corrected chi connectivity index (χ3v) is 8.18. The Balaban J connectivity index is 1.33. The molecule has 2 aromatic rings. The van der Waals surface area contributed by atoms with Crippen LogP contribution in [0.1, 0.15) is 114 Å². The quantitative estimate of drug-likeness (QED) is 0.432. The van der Waals surface area contributed by atoms with E-state index >= 15 is 0 Å². The molecule has 4 rings (SSSR count). The fourth-order valence-corrected chi connectivity index (χ4v) is 6.28. The maximum atomic E-state index is 2.41. The largest absolute Gasteiger partial charge is 0.0654 e. The van der Waals surface area contributed by atoms with Crippen LogP contribution < -0.4 is 0 Å². The molecule has 0 bridgehead atoms. The second kappa shape index (κ2) is 10.7. The van der Waals surface area contributed by atoms with Gasteiger partial charge < -0.3 is 0 Å². The molecular formula is C30H42. The van der Waals surface area contributed by atoms with Gasteiger partial charge in [0, 0.05) is 0 Å². The average molecular weight is 403 g/mol.